The van der Waals surface area contributed by atoms with Crippen molar-refractivity contribution in [2.45, 2.75) is 19.4 Å². The van der Waals surface area contributed by atoms with Gasteiger partial charge in [-0.25, -0.2) is 4.79 Å². The molecule has 5 heteroatoms. The first-order valence-electron chi connectivity index (χ1n) is 8.17. The fraction of sp³-hybridized carbons (Fsp3) is 0.200. The van der Waals surface area contributed by atoms with Crippen LogP contribution in [0.5, 0.6) is 0 Å². The Morgan fingerprint density at radius 3 is 2.52 bits per heavy atom. The first-order valence-corrected chi connectivity index (χ1v) is 8.99. The standard InChI is InChI=1S/C20H19NO3S/c1-2-24-20(23)16(12-14-8-4-3-5-9-14)21-19(22)18-13-15-10-6-7-11-17(15)25-18/h3-11,13,16H,2,12H2,1H3,(H,21,22). The van der Waals surface area contributed by atoms with Gasteiger partial charge in [0.2, 0.25) is 0 Å². The zero-order valence-corrected chi connectivity index (χ0v) is 14.7. The molecule has 0 bridgehead atoms. The summed E-state index contributed by atoms with van der Waals surface area (Å²) in [6.07, 6.45) is 0.399. The zero-order valence-electron chi connectivity index (χ0n) is 13.9. The first-order chi connectivity index (χ1) is 12.2. The lowest BCUT2D eigenvalue weighted by molar-refractivity contribution is -0.145. The largest absolute Gasteiger partial charge is 0.464 e. The number of hydrogen-bond donors (Lipinski definition) is 1. The average molecular weight is 353 g/mol. The van der Waals surface area contributed by atoms with E-state index in [1.165, 1.54) is 11.3 Å². The third kappa shape index (κ3) is 4.25. The summed E-state index contributed by atoms with van der Waals surface area (Å²) in [6, 6.07) is 18.6. The van der Waals surface area contributed by atoms with Crippen LogP contribution in [0.3, 0.4) is 0 Å². The van der Waals surface area contributed by atoms with Gasteiger partial charge in [0.05, 0.1) is 11.5 Å². The molecule has 0 radical (unpaired) electrons. The third-order valence-electron chi connectivity index (χ3n) is 3.81. The molecule has 0 aliphatic heterocycles. The zero-order chi connectivity index (χ0) is 17.6. The van der Waals surface area contributed by atoms with Crippen LogP contribution in [0.15, 0.2) is 60.7 Å². The fourth-order valence-corrected chi connectivity index (χ4v) is 3.57. The summed E-state index contributed by atoms with van der Waals surface area (Å²) in [5.41, 5.74) is 0.970. The molecular formula is C20H19NO3S. The molecule has 25 heavy (non-hydrogen) atoms. The van der Waals surface area contributed by atoms with Gasteiger partial charge in [0.25, 0.3) is 5.91 Å². The van der Waals surface area contributed by atoms with E-state index in [2.05, 4.69) is 5.32 Å². The van der Waals surface area contributed by atoms with E-state index < -0.39 is 12.0 Å². The van der Waals surface area contributed by atoms with Crippen LogP contribution >= 0.6 is 11.3 Å². The van der Waals surface area contributed by atoms with Crippen LogP contribution in [0.4, 0.5) is 0 Å². The number of carbonyl (C=O) groups excluding carboxylic acids is 2. The van der Waals surface area contributed by atoms with Crippen molar-refractivity contribution in [3.05, 3.63) is 71.1 Å². The predicted octanol–water partition coefficient (Wildman–Crippen LogP) is 3.81. The monoisotopic (exact) mass is 353 g/mol. The van der Waals surface area contributed by atoms with Crippen molar-refractivity contribution in [2.75, 3.05) is 6.61 Å². The van der Waals surface area contributed by atoms with Crippen LogP contribution < -0.4 is 5.32 Å². The van der Waals surface area contributed by atoms with E-state index in [1.807, 2.05) is 60.7 Å². The Morgan fingerprint density at radius 1 is 1.08 bits per heavy atom. The minimum atomic E-state index is -0.708. The number of amides is 1. The SMILES string of the molecule is CCOC(=O)C(Cc1ccccc1)NC(=O)c1cc2ccccc2s1. The Bertz CT molecular complexity index is 840. The van der Waals surface area contributed by atoms with Crippen molar-refractivity contribution in [3.8, 4) is 0 Å². The molecule has 0 saturated heterocycles. The molecule has 1 amide bonds. The van der Waals surface area contributed by atoms with Gasteiger partial charge >= 0.3 is 5.97 Å². The highest BCUT2D eigenvalue weighted by Gasteiger charge is 2.24. The van der Waals surface area contributed by atoms with Crippen molar-refractivity contribution in [3.63, 3.8) is 0 Å². The van der Waals surface area contributed by atoms with Gasteiger partial charge in [-0.1, -0.05) is 48.5 Å². The molecule has 3 rings (SSSR count). The summed E-state index contributed by atoms with van der Waals surface area (Å²) in [5, 5.41) is 3.85. The van der Waals surface area contributed by atoms with Crippen molar-refractivity contribution in [2.24, 2.45) is 0 Å². The Hall–Kier alpha value is -2.66. The molecule has 1 unspecified atom stereocenters. The highest BCUT2D eigenvalue weighted by atomic mass is 32.1. The molecular weight excluding hydrogens is 334 g/mol. The Morgan fingerprint density at radius 2 is 1.80 bits per heavy atom. The average Bonchev–Trinajstić information content (AvgIpc) is 3.06. The lowest BCUT2D eigenvalue weighted by Crippen LogP contribution is -2.43. The first kappa shape index (κ1) is 17.2. The van der Waals surface area contributed by atoms with E-state index in [4.69, 9.17) is 4.74 Å². The Kier molecular flexibility index (Phi) is 5.46. The van der Waals surface area contributed by atoms with Crippen molar-refractivity contribution in [1.82, 2.24) is 5.32 Å². The minimum absolute atomic E-state index is 0.254. The number of thiophene rings is 1. The Balaban J connectivity index is 1.78. The second-order valence-electron chi connectivity index (χ2n) is 5.62. The lowest BCUT2D eigenvalue weighted by atomic mass is 10.1. The van der Waals surface area contributed by atoms with Gasteiger partial charge in [-0.15, -0.1) is 11.3 Å². The quantitative estimate of drug-likeness (QED) is 0.686. The molecule has 0 saturated carbocycles. The van der Waals surface area contributed by atoms with Crippen LogP contribution in [0, 0.1) is 0 Å². The number of rotatable bonds is 6. The molecule has 1 aromatic heterocycles. The highest BCUT2D eigenvalue weighted by Crippen LogP contribution is 2.25. The van der Waals surface area contributed by atoms with Gasteiger partial charge in [-0.2, -0.15) is 0 Å². The fourth-order valence-electron chi connectivity index (χ4n) is 2.61. The minimum Gasteiger partial charge on any atom is -0.464 e. The number of carbonyl (C=O) groups is 2. The maximum Gasteiger partial charge on any atom is 0.328 e. The molecule has 1 heterocycles. The molecule has 0 aliphatic carbocycles. The van der Waals surface area contributed by atoms with Gasteiger partial charge in [0, 0.05) is 11.1 Å². The number of ether oxygens (including phenoxy) is 1. The third-order valence-corrected chi connectivity index (χ3v) is 4.92. The van der Waals surface area contributed by atoms with Crippen molar-refractivity contribution >= 4 is 33.3 Å². The lowest BCUT2D eigenvalue weighted by Gasteiger charge is -2.17. The van der Waals surface area contributed by atoms with Gasteiger partial charge in [-0.3, -0.25) is 4.79 Å². The number of hydrogen-bond acceptors (Lipinski definition) is 4. The smallest absolute Gasteiger partial charge is 0.328 e. The van der Waals surface area contributed by atoms with E-state index >= 15 is 0 Å². The maximum atomic E-state index is 12.6. The summed E-state index contributed by atoms with van der Waals surface area (Å²) in [5.74, 6) is -0.670. The van der Waals surface area contributed by atoms with Crippen LogP contribution in [0.1, 0.15) is 22.2 Å². The molecule has 3 aromatic rings. The van der Waals surface area contributed by atoms with Crippen LogP contribution in [0.25, 0.3) is 10.1 Å². The van der Waals surface area contributed by atoms with E-state index in [-0.39, 0.29) is 12.5 Å². The second kappa shape index (κ2) is 7.94. The van der Waals surface area contributed by atoms with Gasteiger partial charge in [0.15, 0.2) is 0 Å². The summed E-state index contributed by atoms with van der Waals surface area (Å²) in [4.78, 5) is 25.5. The van der Waals surface area contributed by atoms with E-state index in [0.717, 1.165) is 15.6 Å². The van der Waals surface area contributed by atoms with Crippen LogP contribution in [-0.4, -0.2) is 24.5 Å². The Labute approximate surface area is 150 Å². The molecule has 128 valence electrons. The van der Waals surface area contributed by atoms with E-state index in [0.29, 0.717) is 11.3 Å². The number of fused-ring (bicyclic) bond motifs is 1. The predicted molar refractivity (Wildman–Crippen MR) is 99.9 cm³/mol. The molecule has 1 N–H and O–H groups in total. The van der Waals surface area contributed by atoms with E-state index in [9.17, 15) is 9.59 Å². The molecule has 2 aromatic carbocycles. The summed E-state index contributed by atoms with van der Waals surface area (Å²) in [6.45, 7) is 2.04. The van der Waals surface area contributed by atoms with Crippen LogP contribution in [0.2, 0.25) is 0 Å². The molecule has 4 nitrogen and oxygen atoms in total. The molecule has 0 spiro atoms. The molecule has 0 fully saturated rings. The molecule has 0 aliphatic rings. The normalized spacial score (nSPS) is 11.9. The second-order valence-corrected chi connectivity index (χ2v) is 6.70. The highest BCUT2D eigenvalue weighted by molar-refractivity contribution is 7.20. The number of benzene rings is 2. The molecule has 1 atom stereocenters. The van der Waals surface area contributed by atoms with Crippen LogP contribution in [-0.2, 0) is 16.0 Å². The number of esters is 1. The summed E-state index contributed by atoms with van der Waals surface area (Å²) in [7, 11) is 0. The maximum absolute atomic E-state index is 12.6. The van der Waals surface area contributed by atoms with Crippen molar-refractivity contribution in [1.29, 1.82) is 0 Å². The van der Waals surface area contributed by atoms with Gasteiger partial charge < -0.3 is 10.1 Å². The summed E-state index contributed by atoms with van der Waals surface area (Å²) >= 11 is 1.41. The topological polar surface area (TPSA) is 55.4 Å². The van der Waals surface area contributed by atoms with Crippen molar-refractivity contribution < 1.29 is 14.3 Å². The van der Waals surface area contributed by atoms with Gasteiger partial charge in [0.1, 0.15) is 6.04 Å². The van der Waals surface area contributed by atoms with E-state index in [1.54, 1.807) is 6.92 Å². The number of nitrogens with one attached hydrogen (secondary N) is 1. The summed E-state index contributed by atoms with van der Waals surface area (Å²) < 4.78 is 6.17. The van der Waals surface area contributed by atoms with Gasteiger partial charge in [-0.05, 0) is 30.0 Å².